The third kappa shape index (κ3) is 9.00. The second-order valence-corrected chi connectivity index (χ2v) is 2.64. The van der Waals surface area contributed by atoms with Gasteiger partial charge in [-0.1, -0.05) is 5.16 Å². The molecule has 4 N–H and O–H groups in total. The summed E-state index contributed by atoms with van der Waals surface area (Å²) in [4.78, 5) is 0. The summed E-state index contributed by atoms with van der Waals surface area (Å²) in [6.07, 6.45) is -0.342. The normalized spacial score (nSPS) is 12.4. The highest BCUT2D eigenvalue weighted by atomic mass is 19.3. The van der Waals surface area contributed by atoms with Crippen LogP contribution in [0.25, 0.3) is 0 Å². The van der Waals surface area contributed by atoms with E-state index >= 15 is 0 Å². The van der Waals surface area contributed by atoms with E-state index < -0.39 is 6.43 Å². The van der Waals surface area contributed by atoms with E-state index in [1.165, 1.54) is 0 Å². The zero-order chi connectivity index (χ0) is 10.1. The molecular weight excluding hydrogens is 180 g/mol. The predicted molar refractivity (Wildman–Crippen MR) is 46.1 cm³/mol. The number of amidine groups is 1. The van der Waals surface area contributed by atoms with Crippen molar-refractivity contribution in [3.63, 3.8) is 0 Å². The summed E-state index contributed by atoms with van der Waals surface area (Å²) in [7, 11) is 0. The van der Waals surface area contributed by atoms with Crippen LogP contribution in [-0.4, -0.2) is 30.6 Å². The highest BCUT2D eigenvalue weighted by Crippen LogP contribution is 1.94. The number of nitrogens with zero attached hydrogens (tertiary/aromatic N) is 1. The van der Waals surface area contributed by atoms with Gasteiger partial charge in [-0.2, -0.15) is 0 Å². The molecule has 0 amide bonds. The first-order valence-corrected chi connectivity index (χ1v) is 4.12. The van der Waals surface area contributed by atoms with E-state index in [0.29, 0.717) is 13.0 Å². The fourth-order valence-electron chi connectivity index (χ4n) is 0.817. The molecule has 0 unspecified atom stereocenters. The molecule has 0 saturated heterocycles. The number of nitrogens with one attached hydrogen (secondary N) is 1. The average Bonchev–Trinajstić information content (AvgIpc) is 2.10. The topological polar surface area (TPSA) is 70.6 Å². The lowest BCUT2D eigenvalue weighted by atomic mass is 10.2. The lowest BCUT2D eigenvalue weighted by molar-refractivity contribution is 0.146. The van der Waals surface area contributed by atoms with Gasteiger partial charge in [0.15, 0.2) is 0 Å². The van der Waals surface area contributed by atoms with E-state index in [2.05, 4.69) is 10.5 Å². The summed E-state index contributed by atoms with van der Waals surface area (Å²) >= 11 is 0. The van der Waals surface area contributed by atoms with Crippen LogP contribution in [0.5, 0.6) is 0 Å². The number of oxime groups is 1. The molecule has 0 aliphatic heterocycles. The molecule has 0 aromatic heterocycles. The Labute approximate surface area is 75.8 Å². The number of alkyl halides is 2. The van der Waals surface area contributed by atoms with Crippen molar-refractivity contribution >= 4 is 5.84 Å². The molecule has 4 nitrogen and oxygen atoms in total. The predicted octanol–water partition coefficient (Wildman–Crippen LogP) is 0.758. The van der Waals surface area contributed by atoms with Gasteiger partial charge in [-0.15, -0.1) is 0 Å². The van der Waals surface area contributed by atoms with Gasteiger partial charge in [-0.25, -0.2) is 8.78 Å². The Bertz CT molecular complexity index is 153. The minimum atomic E-state index is -2.30. The molecule has 0 aromatic rings. The molecule has 0 bridgehead atoms. The number of halogens is 2. The van der Waals surface area contributed by atoms with Crippen LogP contribution >= 0.6 is 0 Å². The smallest absolute Gasteiger partial charge is 0.250 e. The molecule has 0 spiro atoms. The number of unbranched alkanes of at least 4 members (excludes halogenated alkanes) is 1. The van der Waals surface area contributed by atoms with Crippen molar-refractivity contribution in [1.82, 2.24) is 5.32 Å². The summed E-state index contributed by atoms with van der Waals surface area (Å²) in [6, 6.07) is 0. The minimum Gasteiger partial charge on any atom is -0.409 e. The molecular formula is C7H15F2N3O. The quantitative estimate of drug-likeness (QED) is 0.185. The summed E-state index contributed by atoms with van der Waals surface area (Å²) < 4.78 is 23.2. The van der Waals surface area contributed by atoms with Gasteiger partial charge in [-0.3, -0.25) is 0 Å². The monoisotopic (exact) mass is 195 g/mol. The van der Waals surface area contributed by atoms with Gasteiger partial charge in [0.2, 0.25) is 0 Å². The summed E-state index contributed by atoms with van der Waals surface area (Å²) in [5.41, 5.74) is 5.20. The van der Waals surface area contributed by atoms with Gasteiger partial charge in [0.25, 0.3) is 6.43 Å². The molecule has 13 heavy (non-hydrogen) atoms. The fourth-order valence-corrected chi connectivity index (χ4v) is 0.817. The minimum absolute atomic E-state index is 0.175. The van der Waals surface area contributed by atoms with Gasteiger partial charge in [0.05, 0.1) is 6.54 Å². The Balaban J connectivity index is 3.09. The summed E-state index contributed by atoms with van der Waals surface area (Å²) in [6.45, 7) is 0.257. The van der Waals surface area contributed by atoms with Crippen LogP contribution in [0.4, 0.5) is 8.78 Å². The van der Waals surface area contributed by atoms with Crippen LogP contribution in [0.1, 0.15) is 19.3 Å². The van der Waals surface area contributed by atoms with E-state index in [-0.39, 0.29) is 12.4 Å². The molecule has 0 atom stereocenters. The van der Waals surface area contributed by atoms with Crippen LogP contribution in [-0.2, 0) is 0 Å². The second kappa shape index (κ2) is 7.72. The summed E-state index contributed by atoms with van der Waals surface area (Å²) in [5, 5.41) is 13.5. The molecule has 0 fully saturated rings. The lowest BCUT2D eigenvalue weighted by Crippen LogP contribution is -2.22. The zero-order valence-electron chi connectivity index (χ0n) is 7.34. The Morgan fingerprint density at radius 2 is 2.15 bits per heavy atom. The third-order valence-electron chi connectivity index (χ3n) is 1.46. The van der Waals surface area contributed by atoms with Gasteiger partial charge in [-0.05, 0) is 19.4 Å². The van der Waals surface area contributed by atoms with Crippen molar-refractivity contribution in [2.45, 2.75) is 25.7 Å². The van der Waals surface area contributed by atoms with E-state index in [9.17, 15) is 8.78 Å². The van der Waals surface area contributed by atoms with E-state index in [0.717, 1.165) is 12.8 Å². The van der Waals surface area contributed by atoms with Gasteiger partial charge in [0.1, 0.15) is 5.84 Å². The van der Waals surface area contributed by atoms with Crippen molar-refractivity contribution in [1.29, 1.82) is 0 Å². The number of hydrogen-bond donors (Lipinski definition) is 3. The second-order valence-electron chi connectivity index (χ2n) is 2.64. The van der Waals surface area contributed by atoms with Crippen molar-refractivity contribution in [3.8, 4) is 0 Å². The first-order valence-electron chi connectivity index (χ1n) is 4.12. The van der Waals surface area contributed by atoms with E-state index in [1.54, 1.807) is 0 Å². The van der Waals surface area contributed by atoms with Crippen LogP contribution in [0.3, 0.4) is 0 Å². The average molecular weight is 195 g/mol. The van der Waals surface area contributed by atoms with Crippen molar-refractivity contribution in [2.24, 2.45) is 10.9 Å². The Kier molecular flexibility index (Phi) is 7.18. The van der Waals surface area contributed by atoms with Crippen LogP contribution in [0, 0.1) is 0 Å². The molecule has 0 saturated carbocycles. The lowest BCUT2D eigenvalue weighted by Gasteiger charge is -2.02. The zero-order valence-corrected chi connectivity index (χ0v) is 7.34. The van der Waals surface area contributed by atoms with Gasteiger partial charge < -0.3 is 16.3 Å². The standard InChI is InChI=1S/C7H15F2N3O/c8-6(9)5-11-4-2-1-3-7(10)12-13/h6,11,13H,1-5H2,(H2,10,12). The maximum atomic E-state index is 11.6. The van der Waals surface area contributed by atoms with E-state index in [4.69, 9.17) is 10.9 Å². The molecule has 78 valence electrons. The molecule has 0 aliphatic rings. The SMILES string of the molecule is NC(CCCCNCC(F)F)=NO. The highest BCUT2D eigenvalue weighted by Gasteiger charge is 1.99. The largest absolute Gasteiger partial charge is 0.409 e. The third-order valence-corrected chi connectivity index (χ3v) is 1.46. The maximum absolute atomic E-state index is 11.6. The first kappa shape index (κ1) is 12.1. The summed E-state index contributed by atoms with van der Waals surface area (Å²) in [5.74, 6) is 0.175. The Hall–Kier alpha value is -0.910. The molecule has 0 aromatic carbocycles. The highest BCUT2D eigenvalue weighted by molar-refractivity contribution is 5.79. The van der Waals surface area contributed by atoms with E-state index in [1.807, 2.05) is 0 Å². The van der Waals surface area contributed by atoms with Crippen molar-refractivity contribution in [2.75, 3.05) is 13.1 Å². The molecule has 0 radical (unpaired) electrons. The fraction of sp³-hybridized carbons (Fsp3) is 0.857. The van der Waals surface area contributed by atoms with Crippen LogP contribution < -0.4 is 11.1 Å². The Morgan fingerprint density at radius 1 is 1.46 bits per heavy atom. The number of hydrogen-bond acceptors (Lipinski definition) is 3. The number of nitrogens with two attached hydrogens (primary N) is 1. The first-order chi connectivity index (χ1) is 6.16. The number of rotatable bonds is 7. The molecule has 0 rings (SSSR count). The van der Waals surface area contributed by atoms with Crippen LogP contribution in [0.15, 0.2) is 5.16 Å². The molecule has 6 heteroatoms. The maximum Gasteiger partial charge on any atom is 0.250 e. The van der Waals surface area contributed by atoms with Crippen LogP contribution in [0.2, 0.25) is 0 Å². The van der Waals surface area contributed by atoms with Crippen molar-refractivity contribution in [3.05, 3.63) is 0 Å². The molecule has 0 aliphatic carbocycles. The Morgan fingerprint density at radius 3 is 2.69 bits per heavy atom. The van der Waals surface area contributed by atoms with Gasteiger partial charge in [0, 0.05) is 6.42 Å². The molecule has 0 heterocycles. The van der Waals surface area contributed by atoms with Gasteiger partial charge >= 0.3 is 0 Å². The van der Waals surface area contributed by atoms with Crippen molar-refractivity contribution < 1.29 is 14.0 Å².